The molecule has 0 radical (unpaired) electrons. The molecule has 0 saturated heterocycles. The first-order valence-corrected chi connectivity index (χ1v) is 12.9. The minimum Gasteiger partial charge on any atom is -0.322 e. The van der Waals surface area contributed by atoms with Gasteiger partial charge in [-0.1, -0.05) is 104 Å². The largest absolute Gasteiger partial charge is 0.322 e. The van der Waals surface area contributed by atoms with Gasteiger partial charge in [0.25, 0.3) is 0 Å². The van der Waals surface area contributed by atoms with Crippen molar-refractivity contribution in [1.82, 2.24) is 9.55 Å². The molecular weight excluding hydrogens is 400 g/mol. The van der Waals surface area contributed by atoms with Crippen LogP contribution in [0.3, 0.4) is 0 Å². The van der Waals surface area contributed by atoms with E-state index in [9.17, 15) is 0 Å². The molecule has 33 heavy (non-hydrogen) atoms. The van der Waals surface area contributed by atoms with Crippen molar-refractivity contribution in [3.8, 4) is 0 Å². The molecule has 0 atom stereocenters. The first-order chi connectivity index (χ1) is 14.2. The lowest BCUT2D eigenvalue weighted by Crippen LogP contribution is -2.34. The maximum Gasteiger partial charge on any atom is 0.115 e. The molecule has 1 heterocycles. The van der Waals surface area contributed by atoms with E-state index in [4.69, 9.17) is 4.98 Å². The summed E-state index contributed by atoms with van der Waals surface area (Å²) in [6, 6.07) is 0. The zero-order valence-corrected chi connectivity index (χ0v) is 25.4. The Bertz CT molecular complexity index is 1040. The molecule has 0 aliphatic rings. The normalized spacial score (nSPS) is 15.0. The van der Waals surface area contributed by atoms with Crippen LogP contribution in [0.25, 0.3) is 11.0 Å². The van der Waals surface area contributed by atoms with Gasteiger partial charge in [-0.2, -0.15) is 0 Å². The Morgan fingerprint density at radius 3 is 1.03 bits per heavy atom. The fourth-order valence-corrected chi connectivity index (χ4v) is 5.43. The summed E-state index contributed by atoms with van der Waals surface area (Å²) in [5, 5.41) is 0. The Labute approximate surface area is 206 Å². The molecule has 2 nitrogen and oxygen atoms in total. The van der Waals surface area contributed by atoms with Gasteiger partial charge in [0, 0.05) is 11.0 Å². The highest BCUT2D eigenvalue weighted by molar-refractivity contribution is 5.89. The monoisotopic (exact) mass is 454 g/mol. The Kier molecular flexibility index (Phi) is 6.43. The van der Waals surface area contributed by atoms with Crippen molar-refractivity contribution < 1.29 is 0 Å². The predicted octanol–water partition coefficient (Wildman–Crippen LogP) is 9.28. The topological polar surface area (TPSA) is 17.8 Å². The lowest BCUT2D eigenvalue weighted by Gasteiger charge is -2.42. The second-order valence-electron chi connectivity index (χ2n) is 16.4. The zero-order valence-electron chi connectivity index (χ0n) is 25.4. The fraction of sp³-hybridized carbons (Fsp3) is 0.774. The van der Waals surface area contributed by atoms with Gasteiger partial charge >= 0.3 is 0 Å². The molecule has 0 spiro atoms. The van der Waals surface area contributed by atoms with E-state index in [1.54, 1.807) is 0 Å². The third-order valence-electron chi connectivity index (χ3n) is 6.44. The standard InChI is InChI=1S/C31H54N2/c1-26(2,3)19-20(27(4,5)6)22(29(10,11)12)24-23(21(19)28(7,8)9)32-25(30(13,14)15)33(24)31(16,17)18/h1-18H3. The maximum atomic E-state index is 5.55. The maximum absolute atomic E-state index is 5.55. The van der Waals surface area contributed by atoms with Crippen LogP contribution < -0.4 is 0 Å². The molecule has 0 amide bonds. The molecule has 1 aromatic carbocycles. The molecule has 2 rings (SSSR count). The number of hydrogen-bond acceptors (Lipinski definition) is 1. The van der Waals surface area contributed by atoms with Crippen molar-refractivity contribution in [3.63, 3.8) is 0 Å². The van der Waals surface area contributed by atoms with Crippen LogP contribution in [0.2, 0.25) is 0 Å². The molecule has 1 aromatic heterocycles. The van der Waals surface area contributed by atoms with Crippen molar-refractivity contribution in [3.05, 3.63) is 28.1 Å². The van der Waals surface area contributed by atoms with Crippen LogP contribution >= 0.6 is 0 Å². The van der Waals surface area contributed by atoms with Gasteiger partial charge < -0.3 is 4.57 Å². The summed E-state index contributed by atoms with van der Waals surface area (Å²) in [4.78, 5) is 5.55. The van der Waals surface area contributed by atoms with E-state index >= 15 is 0 Å². The first kappa shape index (κ1) is 27.9. The number of nitrogens with zero attached hydrogens (tertiary/aromatic N) is 2. The molecule has 0 aliphatic heterocycles. The van der Waals surface area contributed by atoms with Gasteiger partial charge in [-0.25, -0.2) is 4.98 Å². The zero-order chi connectivity index (χ0) is 26.3. The molecule has 2 heteroatoms. The Hall–Kier alpha value is -1.31. The first-order valence-electron chi connectivity index (χ1n) is 12.9. The molecular formula is C31H54N2. The van der Waals surface area contributed by atoms with Crippen molar-refractivity contribution in [2.24, 2.45) is 0 Å². The minimum atomic E-state index is -0.0785. The Morgan fingerprint density at radius 2 is 0.758 bits per heavy atom. The van der Waals surface area contributed by atoms with Crippen LogP contribution in [0.5, 0.6) is 0 Å². The van der Waals surface area contributed by atoms with Gasteiger partial charge in [-0.05, 0) is 64.7 Å². The summed E-state index contributed by atoms with van der Waals surface area (Å²) in [6.07, 6.45) is 0. The summed E-state index contributed by atoms with van der Waals surface area (Å²) < 4.78 is 2.58. The third-order valence-corrected chi connectivity index (χ3v) is 6.44. The van der Waals surface area contributed by atoms with Gasteiger partial charge in [-0.15, -0.1) is 0 Å². The Morgan fingerprint density at radius 1 is 0.424 bits per heavy atom. The van der Waals surface area contributed by atoms with Crippen molar-refractivity contribution >= 4 is 11.0 Å². The average molecular weight is 455 g/mol. The molecule has 0 aliphatic carbocycles. The van der Waals surface area contributed by atoms with E-state index in [-0.39, 0.29) is 32.6 Å². The van der Waals surface area contributed by atoms with Gasteiger partial charge in [0.15, 0.2) is 0 Å². The highest BCUT2D eigenvalue weighted by atomic mass is 15.1. The molecule has 0 saturated carbocycles. The molecule has 2 aromatic rings. The Balaban J connectivity index is 3.61. The van der Waals surface area contributed by atoms with Gasteiger partial charge in [0.2, 0.25) is 0 Å². The van der Waals surface area contributed by atoms with E-state index < -0.39 is 0 Å². The number of fused-ring (bicyclic) bond motifs is 1. The lowest BCUT2D eigenvalue weighted by atomic mass is 9.63. The number of benzene rings is 1. The van der Waals surface area contributed by atoms with E-state index in [1.165, 1.54) is 39.1 Å². The highest BCUT2D eigenvalue weighted by Crippen LogP contribution is 2.51. The molecule has 0 unspecified atom stereocenters. The van der Waals surface area contributed by atoms with Crippen LogP contribution in [-0.2, 0) is 32.6 Å². The van der Waals surface area contributed by atoms with Crippen molar-refractivity contribution in [2.45, 2.75) is 157 Å². The van der Waals surface area contributed by atoms with E-state index in [1.807, 2.05) is 0 Å². The van der Waals surface area contributed by atoms with Crippen LogP contribution in [0.4, 0.5) is 0 Å². The second-order valence-corrected chi connectivity index (χ2v) is 16.4. The van der Waals surface area contributed by atoms with Gasteiger partial charge in [0.05, 0.1) is 11.0 Å². The fourth-order valence-electron chi connectivity index (χ4n) is 5.43. The van der Waals surface area contributed by atoms with Crippen LogP contribution in [0, 0.1) is 0 Å². The smallest absolute Gasteiger partial charge is 0.115 e. The minimum absolute atomic E-state index is 0.00677. The van der Waals surface area contributed by atoms with E-state index in [0.717, 1.165) is 0 Å². The summed E-state index contributed by atoms with van der Waals surface area (Å²) in [5.41, 5.74) is 8.32. The predicted molar refractivity (Wildman–Crippen MR) is 148 cm³/mol. The van der Waals surface area contributed by atoms with Gasteiger partial charge in [-0.3, -0.25) is 0 Å². The molecule has 188 valence electrons. The summed E-state index contributed by atoms with van der Waals surface area (Å²) in [5.74, 6) is 1.19. The van der Waals surface area contributed by atoms with Crippen molar-refractivity contribution in [1.29, 1.82) is 0 Å². The third kappa shape index (κ3) is 5.06. The summed E-state index contributed by atoms with van der Waals surface area (Å²) in [7, 11) is 0. The quantitative estimate of drug-likeness (QED) is 0.388. The van der Waals surface area contributed by atoms with Gasteiger partial charge in [0.1, 0.15) is 5.82 Å². The number of rotatable bonds is 0. The molecule has 0 N–H and O–H groups in total. The summed E-state index contributed by atoms with van der Waals surface area (Å²) in [6.45, 7) is 42.5. The highest BCUT2D eigenvalue weighted by Gasteiger charge is 2.42. The van der Waals surface area contributed by atoms with Crippen LogP contribution in [0.15, 0.2) is 0 Å². The number of hydrogen-bond donors (Lipinski definition) is 0. The summed E-state index contributed by atoms with van der Waals surface area (Å²) >= 11 is 0. The van der Waals surface area contributed by atoms with Crippen LogP contribution in [-0.4, -0.2) is 9.55 Å². The molecule has 0 fully saturated rings. The molecule has 0 bridgehead atoms. The number of imidazole rings is 1. The van der Waals surface area contributed by atoms with E-state index in [2.05, 4.69) is 129 Å². The number of aromatic nitrogens is 2. The second kappa shape index (κ2) is 7.59. The van der Waals surface area contributed by atoms with E-state index in [0.29, 0.717) is 0 Å². The SMILES string of the molecule is CC(C)(C)c1c(C(C)(C)C)c(C(C)(C)C)c2c(nc(C(C)(C)C)n2C(C)(C)C)c1C(C)(C)C. The average Bonchev–Trinajstić information content (AvgIpc) is 2.88. The lowest BCUT2D eigenvalue weighted by molar-refractivity contribution is 0.362. The van der Waals surface area contributed by atoms with Crippen molar-refractivity contribution in [2.75, 3.05) is 0 Å². The van der Waals surface area contributed by atoms with Crippen LogP contribution in [0.1, 0.15) is 153 Å².